The van der Waals surface area contributed by atoms with E-state index in [2.05, 4.69) is 5.32 Å². The van der Waals surface area contributed by atoms with Gasteiger partial charge < -0.3 is 15.1 Å². The lowest BCUT2D eigenvalue weighted by Gasteiger charge is -2.23. The maximum absolute atomic E-state index is 12.7. The van der Waals surface area contributed by atoms with Gasteiger partial charge in [0.05, 0.1) is 5.92 Å². The van der Waals surface area contributed by atoms with Gasteiger partial charge in [0.15, 0.2) is 0 Å². The zero-order chi connectivity index (χ0) is 16.4. The average molecular weight is 393 g/mol. The van der Waals surface area contributed by atoms with Gasteiger partial charge in [0.1, 0.15) is 0 Å². The predicted molar refractivity (Wildman–Crippen MR) is 98.2 cm³/mol. The molecule has 2 aliphatic heterocycles. The molecule has 3 rings (SSSR count). The van der Waals surface area contributed by atoms with Gasteiger partial charge in [0.2, 0.25) is 11.8 Å². The Hall–Kier alpha value is -1.01. The van der Waals surface area contributed by atoms with Crippen LogP contribution in [0.25, 0.3) is 0 Å². The molecule has 0 spiro atoms. The molecule has 2 saturated heterocycles. The summed E-state index contributed by atoms with van der Waals surface area (Å²) in [5.41, 5.74) is 0.653. The van der Waals surface area contributed by atoms with Crippen LogP contribution in [0.5, 0.6) is 0 Å². The van der Waals surface area contributed by atoms with Gasteiger partial charge in [-0.2, -0.15) is 0 Å². The molecule has 1 aromatic carbocycles. The minimum absolute atomic E-state index is 0. The highest BCUT2D eigenvalue weighted by molar-refractivity contribution is 6.35. The molecule has 5 nitrogen and oxygen atoms in total. The molecule has 2 amide bonds. The molecule has 1 aromatic rings. The first-order chi connectivity index (χ1) is 11.0. The van der Waals surface area contributed by atoms with Crippen molar-refractivity contribution in [1.29, 1.82) is 0 Å². The van der Waals surface area contributed by atoms with E-state index < -0.39 is 0 Å². The molecule has 1 N–H and O–H groups in total. The van der Waals surface area contributed by atoms with Gasteiger partial charge in [-0.15, -0.1) is 12.4 Å². The predicted octanol–water partition coefficient (Wildman–Crippen LogP) is 2.59. The van der Waals surface area contributed by atoms with Crippen LogP contribution in [-0.2, 0) is 9.59 Å². The van der Waals surface area contributed by atoms with E-state index in [4.69, 9.17) is 23.2 Å². The highest BCUT2D eigenvalue weighted by Gasteiger charge is 2.37. The van der Waals surface area contributed by atoms with Crippen LogP contribution in [0.2, 0.25) is 10.0 Å². The third kappa shape index (κ3) is 4.33. The number of benzene rings is 1. The summed E-state index contributed by atoms with van der Waals surface area (Å²) < 4.78 is 0. The van der Waals surface area contributed by atoms with Crippen LogP contribution in [0, 0.1) is 5.92 Å². The van der Waals surface area contributed by atoms with E-state index >= 15 is 0 Å². The van der Waals surface area contributed by atoms with E-state index in [0.717, 1.165) is 26.1 Å². The number of anilines is 1. The largest absolute Gasteiger partial charge is 0.341 e. The van der Waals surface area contributed by atoms with Gasteiger partial charge in [-0.05, 0) is 31.2 Å². The lowest BCUT2D eigenvalue weighted by molar-refractivity contribution is -0.135. The normalized spacial score (nSPS) is 21.4. The van der Waals surface area contributed by atoms with E-state index in [1.807, 2.05) is 4.90 Å². The SMILES string of the molecule is Cl.O=C(C1CC(=O)N(c2cc(Cl)cc(Cl)c2)C1)N1CCCNCC1. The fourth-order valence-electron chi connectivity index (χ4n) is 3.14. The Kier molecular flexibility index (Phi) is 6.75. The fourth-order valence-corrected chi connectivity index (χ4v) is 3.66. The van der Waals surface area contributed by atoms with Crippen LogP contribution in [-0.4, -0.2) is 49.4 Å². The van der Waals surface area contributed by atoms with Gasteiger partial charge in [-0.25, -0.2) is 0 Å². The van der Waals surface area contributed by atoms with Crippen LogP contribution >= 0.6 is 35.6 Å². The van der Waals surface area contributed by atoms with Crippen molar-refractivity contribution in [3.8, 4) is 0 Å². The number of amides is 2. The maximum atomic E-state index is 12.7. The molecule has 2 aliphatic rings. The zero-order valence-corrected chi connectivity index (χ0v) is 15.5. The van der Waals surface area contributed by atoms with Crippen molar-refractivity contribution in [2.45, 2.75) is 12.8 Å². The first kappa shape index (κ1) is 19.3. The van der Waals surface area contributed by atoms with Crippen molar-refractivity contribution in [2.75, 3.05) is 37.6 Å². The van der Waals surface area contributed by atoms with Crippen molar-refractivity contribution < 1.29 is 9.59 Å². The minimum atomic E-state index is -0.293. The molecule has 0 bridgehead atoms. The van der Waals surface area contributed by atoms with Crippen LogP contribution in [0.15, 0.2) is 18.2 Å². The van der Waals surface area contributed by atoms with Crippen molar-refractivity contribution in [3.05, 3.63) is 28.2 Å². The molecule has 1 atom stereocenters. The number of rotatable bonds is 2. The molecule has 8 heteroatoms. The molecule has 2 fully saturated rings. The van der Waals surface area contributed by atoms with Crippen LogP contribution in [0.4, 0.5) is 5.69 Å². The lowest BCUT2D eigenvalue weighted by Crippen LogP contribution is -2.39. The van der Waals surface area contributed by atoms with Crippen LogP contribution in [0.3, 0.4) is 0 Å². The Labute approximate surface area is 157 Å². The Balaban J connectivity index is 0.00000208. The van der Waals surface area contributed by atoms with E-state index in [9.17, 15) is 9.59 Å². The van der Waals surface area contributed by atoms with Crippen molar-refractivity contribution in [3.63, 3.8) is 0 Å². The van der Waals surface area contributed by atoms with E-state index in [-0.39, 0.29) is 36.6 Å². The van der Waals surface area contributed by atoms with Crippen molar-refractivity contribution >= 4 is 53.1 Å². The highest BCUT2D eigenvalue weighted by Crippen LogP contribution is 2.31. The maximum Gasteiger partial charge on any atom is 0.228 e. The fraction of sp³-hybridized carbons (Fsp3) is 0.500. The van der Waals surface area contributed by atoms with Crippen LogP contribution < -0.4 is 10.2 Å². The molecule has 0 radical (unpaired) electrons. The Morgan fingerprint density at radius 1 is 1.12 bits per heavy atom. The van der Waals surface area contributed by atoms with Crippen molar-refractivity contribution in [2.24, 2.45) is 5.92 Å². The summed E-state index contributed by atoms with van der Waals surface area (Å²) >= 11 is 12.0. The van der Waals surface area contributed by atoms with Crippen LogP contribution in [0.1, 0.15) is 12.8 Å². The minimum Gasteiger partial charge on any atom is -0.341 e. The van der Waals surface area contributed by atoms with E-state index in [0.29, 0.717) is 28.8 Å². The average Bonchev–Trinajstić information content (AvgIpc) is 2.72. The molecule has 132 valence electrons. The number of hydrogen-bond donors (Lipinski definition) is 1. The third-order valence-electron chi connectivity index (χ3n) is 4.29. The summed E-state index contributed by atoms with van der Waals surface area (Å²) in [6, 6.07) is 5.03. The smallest absolute Gasteiger partial charge is 0.228 e. The first-order valence-corrected chi connectivity index (χ1v) is 8.56. The second kappa shape index (κ2) is 8.39. The standard InChI is InChI=1S/C16H19Cl2N3O2.ClH/c17-12-7-13(18)9-14(8-12)21-10-11(6-15(21)22)16(23)20-4-1-2-19-3-5-20;/h7-9,11,19H,1-6,10H2;1H. The monoisotopic (exact) mass is 391 g/mol. The summed E-state index contributed by atoms with van der Waals surface area (Å²) in [4.78, 5) is 28.5. The summed E-state index contributed by atoms with van der Waals surface area (Å²) in [6.45, 7) is 3.57. The number of nitrogens with zero attached hydrogens (tertiary/aromatic N) is 2. The number of carbonyl (C=O) groups excluding carboxylic acids is 2. The van der Waals surface area contributed by atoms with Gasteiger partial charge in [0.25, 0.3) is 0 Å². The summed E-state index contributed by atoms with van der Waals surface area (Å²) in [6.07, 6.45) is 1.19. The van der Waals surface area contributed by atoms with Gasteiger partial charge >= 0.3 is 0 Å². The number of hydrogen-bond acceptors (Lipinski definition) is 3. The second-order valence-electron chi connectivity index (χ2n) is 5.96. The Morgan fingerprint density at radius 2 is 1.83 bits per heavy atom. The van der Waals surface area contributed by atoms with Gasteiger partial charge in [0, 0.05) is 48.3 Å². The highest BCUT2D eigenvalue weighted by atomic mass is 35.5. The Bertz CT molecular complexity index is 598. The molecule has 1 unspecified atom stereocenters. The topological polar surface area (TPSA) is 52.7 Å². The molecular weight excluding hydrogens is 373 g/mol. The summed E-state index contributed by atoms with van der Waals surface area (Å²) in [7, 11) is 0. The number of halogens is 3. The van der Waals surface area contributed by atoms with E-state index in [1.54, 1.807) is 23.1 Å². The second-order valence-corrected chi connectivity index (χ2v) is 6.83. The van der Waals surface area contributed by atoms with E-state index in [1.165, 1.54) is 0 Å². The molecule has 0 aliphatic carbocycles. The first-order valence-electron chi connectivity index (χ1n) is 7.80. The quantitative estimate of drug-likeness (QED) is 0.841. The Morgan fingerprint density at radius 3 is 2.54 bits per heavy atom. The van der Waals surface area contributed by atoms with Gasteiger partial charge in [-0.1, -0.05) is 23.2 Å². The van der Waals surface area contributed by atoms with Crippen molar-refractivity contribution in [1.82, 2.24) is 10.2 Å². The molecular formula is C16H20Cl3N3O2. The molecule has 2 heterocycles. The van der Waals surface area contributed by atoms with Gasteiger partial charge in [-0.3, -0.25) is 9.59 Å². The molecule has 0 aromatic heterocycles. The zero-order valence-electron chi connectivity index (χ0n) is 13.1. The lowest BCUT2D eigenvalue weighted by atomic mass is 10.1. The number of nitrogens with one attached hydrogen (secondary N) is 1. The summed E-state index contributed by atoms with van der Waals surface area (Å²) in [5, 5.41) is 4.24. The molecule has 24 heavy (non-hydrogen) atoms. The summed E-state index contributed by atoms with van der Waals surface area (Å²) in [5.74, 6) is -0.286. The third-order valence-corrected chi connectivity index (χ3v) is 4.72. The molecule has 0 saturated carbocycles. The number of carbonyl (C=O) groups is 2.